The standard InChI is InChI=1S/C20H29NO/c1-2-14-10-11-18-17(13-14)20-16(9-6-12-22-20)19(21-18)15-7-4-3-5-8-15/h10-11,13,15-16,19-21H,2-9,12H2,1H3/t16-,19+,20-/m0/s1. The summed E-state index contributed by atoms with van der Waals surface area (Å²) in [5.74, 6) is 1.53. The molecule has 1 saturated carbocycles. The lowest BCUT2D eigenvalue weighted by Gasteiger charge is -2.47. The van der Waals surface area contributed by atoms with E-state index in [0.717, 1.165) is 18.9 Å². The van der Waals surface area contributed by atoms with Gasteiger partial charge in [-0.3, -0.25) is 0 Å². The maximum absolute atomic E-state index is 6.29. The van der Waals surface area contributed by atoms with E-state index in [9.17, 15) is 0 Å². The second-order valence-corrected chi connectivity index (χ2v) is 7.44. The van der Waals surface area contributed by atoms with E-state index in [0.29, 0.717) is 18.1 Å². The van der Waals surface area contributed by atoms with Crippen LogP contribution in [0.25, 0.3) is 0 Å². The van der Waals surface area contributed by atoms with E-state index in [2.05, 4.69) is 30.4 Å². The van der Waals surface area contributed by atoms with Crippen LogP contribution in [0.2, 0.25) is 0 Å². The Balaban J connectivity index is 1.67. The van der Waals surface area contributed by atoms with Crippen LogP contribution in [0.15, 0.2) is 18.2 Å². The van der Waals surface area contributed by atoms with Crippen molar-refractivity contribution in [2.75, 3.05) is 11.9 Å². The highest BCUT2D eigenvalue weighted by Crippen LogP contribution is 2.47. The first-order valence-electron chi connectivity index (χ1n) is 9.38. The molecular formula is C20H29NO. The van der Waals surface area contributed by atoms with Crippen molar-refractivity contribution in [1.82, 2.24) is 0 Å². The Bertz CT molecular complexity index is 520. The van der Waals surface area contributed by atoms with Crippen LogP contribution >= 0.6 is 0 Å². The van der Waals surface area contributed by atoms with Crippen molar-refractivity contribution in [3.63, 3.8) is 0 Å². The zero-order valence-corrected chi connectivity index (χ0v) is 13.8. The molecule has 0 spiro atoms. The van der Waals surface area contributed by atoms with E-state index in [1.165, 1.54) is 61.8 Å². The molecule has 0 aromatic heterocycles. The molecule has 2 nitrogen and oxygen atoms in total. The molecule has 22 heavy (non-hydrogen) atoms. The zero-order chi connectivity index (χ0) is 14.9. The normalized spacial score (nSPS) is 32.0. The van der Waals surface area contributed by atoms with E-state index >= 15 is 0 Å². The summed E-state index contributed by atoms with van der Waals surface area (Å²) < 4.78 is 6.29. The van der Waals surface area contributed by atoms with Crippen LogP contribution in [0, 0.1) is 11.8 Å². The highest BCUT2D eigenvalue weighted by atomic mass is 16.5. The smallest absolute Gasteiger partial charge is 0.0892 e. The topological polar surface area (TPSA) is 21.3 Å². The van der Waals surface area contributed by atoms with Crippen LogP contribution in [0.5, 0.6) is 0 Å². The lowest BCUT2D eigenvalue weighted by molar-refractivity contribution is -0.0458. The fraction of sp³-hybridized carbons (Fsp3) is 0.700. The number of aryl methyl sites for hydroxylation is 1. The van der Waals surface area contributed by atoms with Crippen LogP contribution in [0.4, 0.5) is 5.69 Å². The Morgan fingerprint density at radius 2 is 1.95 bits per heavy atom. The highest BCUT2D eigenvalue weighted by molar-refractivity contribution is 5.57. The lowest BCUT2D eigenvalue weighted by Crippen LogP contribution is -2.46. The van der Waals surface area contributed by atoms with Gasteiger partial charge in [0.1, 0.15) is 0 Å². The lowest BCUT2D eigenvalue weighted by atomic mass is 9.71. The van der Waals surface area contributed by atoms with Crippen molar-refractivity contribution in [3.05, 3.63) is 29.3 Å². The first-order chi connectivity index (χ1) is 10.9. The van der Waals surface area contributed by atoms with Gasteiger partial charge in [0.2, 0.25) is 0 Å². The number of hydrogen-bond donors (Lipinski definition) is 1. The summed E-state index contributed by atoms with van der Waals surface area (Å²) in [4.78, 5) is 0. The minimum Gasteiger partial charge on any atom is -0.381 e. The second-order valence-electron chi connectivity index (χ2n) is 7.44. The summed E-state index contributed by atoms with van der Waals surface area (Å²) in [5, 5.41) is 3.94. The summed E-state index contributed by atoms with van der Waals surface area (Å²) >= 11 is 0. The Labute approximate surface area is 134 Å². The molecule has 0 amide bonds. The fourth-order valence-electron chi connectivity index (χ4n) is 4.94. The molecule has 1 aromatic carbocycles. The molecule has 1 saturated heterocycles. The quantitative estimate of drug-likeness (QED) is 0.821. The van der Waals surface area contributed by atoms with E-state index < -0.39 is 0 Å². The Hall–Kier alpha value is -1.02. The number of nitrogens with one attached hydrogen (secondary N) is 1. The summed E-state index contributed by atoms with van der Waals surface area (Å²) in [5.41, 5.74) is 4.21. The van der Waals surface area contributed by atoms with E-state index in [-0.39, 0.29) is 0 Å². The molecule has 120 valence electrons. The molecule has 3 aliphatic rings. The number of benzene rings is 1. The van der Waals surface area contributed by atoms with E-state index in [1.54, 1.807) is 0 Å². The van der Waals surface area contributed by atoms with Gasteiger partial charge in [-0.2, -0.15) is 0 Å². The Morgan fingerprint density at radius 3 is 2.77 bits per heavy atom. The minimum atomic E-state index is 0.337. The van der Waals surface area contributed by atoms with Gasteiger partial charge in [-0.05, 0) is 49.7 Å². The molecule has 1 N–H and O–H groups in total. The monoisotopic (exact) mass is 299 g/mol. The molecule has 0 unspecified atom stereocenters. The third kappa shape index (κ3) is 2.56. The first kappa shape index (κ1) is 14.6. The Kier molecular flexibility index (Phi) is 4.13. The Morgan fingerprint density at radius 1 is 1.09 bits per heavy atom. The molecule has 2 heterocycles. The predicted octanol–water partition coefficient (Wildman–Crippen LogP) is 5.09. The first-order valence-corrected chi connectivity index (χ1v) is 9.38. The van der Waals surface area contributed by atoms with Gasteiger partial charge in [0.15, 0.2) is 0 Å². The average molecular weight is 299 g/mol. The van der Waals surface area contributed by atoms with Gasteiger partial charge in [-0.25, -0.2) is 0 Å². The summed E-state index contributed by atoms with van der Waals surface area (Å²) in [6, 6.07) is 7.61. The summed E-state index contributed by atoms with van der Waals surface area (Å²) in [7, 11) is 0. The maximum atomic E-state index is 6.29. The van der Waals surface area contributed by atoms with Crippen molar-refractivity contribution in [2.45, 2.75) is 70.4 Å². The molecule has 2 heteroatoms. The van der Waals surface area contributed by atoms with Crippen LogP contribution in [-0.2, 0) is 11.2 Å². The molecule has 1 aliphatic carbocycles. The highest BCUT2D eigenvalue weighted by Gasteiger charge is 2.42. The van der Waals surface area contributed by atoms with Crippen molar-refractivity contribution in [1.29, 1.82) is 0 Å². The minimum absolute atomic E-state index is 0.337. The maximum Gasteiger partial charge on any atom is 0.0892 e. The largest absolute Gasteiger partial charge is 0.381 e. The number of anilines is 1. The molecular weight excluding hydrogens is 270 g/mol. The van der Waals surface area contributed by atoms with E-state index in [4.69, 9.17) is 4.74 Å². The fourth-order valence-corrected chi connectivity index (χ4v) is 4.94. The molecule has 2 fully saturated rings. The molecule has 3 atom stereocenters. The molecule has 2 aliphatic heterocycles. The van der Waals surface area contributed by atoms with Gasteiger partial charge in [-0.15, -0.1) is 0 Å². The third-order valence-electron chi connectivity index (χ3n) is 6.14. The summed E-state index contributed by atoms with van der Waals surface area (Å²) in [6.07, 6.45) is 11.1. The number of fused-ring (bicyclic) bond motifs is 3. The summed E-state index contributed by atoms with van der Waals surface area (Å²) in [6.45, 7) is 3.18. The molecule has 1 aromatic rings. The van der Waals surface area contributed by atoms with Gasteiger partial charge >= 0.3 is 0 Å². The molecule has 4 rings (SSSR count). The van der Waals surface area contributed by atoms with Crippen LogP contribution in [0.1, 0.15) is 69.1 Å². The van der Waals surface area contributed by atoms with Crippen LogP contribution in [-0.4, -0.2) is 12.6 Å². The molecule has 0 bridgehead atoms. The zero-order valence-electron chi connectivity index (χ0n) is 13.8. The van der Waals surface area contributed by atoms with Crippen molar-refractivity contribution < 1.29 is 4.74 Å². The SMILES string of the molecule is CCc1ccc2c(c1)[C@H]1OCCC[C@H]1[C@@H](C1CCCCC1)N2. The second kappa shape index (κ2) is 6.23. The predicted molar refractivity (Wildman–Crippen MR) is 91.2 cm³/mol. The van der Waals surface area contributed by atoms with Gasteiger partial charge in [0.05, 0.1) is 6.10 Å². The third-order valence-corrected chi connectivity index (χ3v) is 6.14. The van der Waals surface area contributed by atoms with Gasteiger partial charge < -0.3 is 10.1 Å². The van der Waals surface area contributed by atoms with Crippen molar-refractivity contribution in [2.24, 2.45) is 11.8 Å². The van der Waals surface area contributed by atoms with Crippen molar-refractivity contribution in [3.8, 4) is 0 Å². The van der Waals surface area contributed by atoms with E-state index in [1.807, 2.05) is 0 Å². The van der Waals surface area contributed by atoms with Crippen molar-refractivity contribution >= 4 is 5.69 Å². The average Bonchev–Trinajstić information content (AvgIpc) is 2.61. The van der Waals surface area contributed by atoms with Crippen LogP contribution < -0.4 is 5.32 Å². The van der Waals surface area contributed by atoms with Gasteiger partial charge in [-0.1, -0.05) is 38.3 Å². The number of hydrogen-bond acceptors (Lipinski definition) is 2. The molecule has 0 radical (unpaired) electrons. The van der Waals surface area contributed by atoms with Gasteiger partial charge in [0, 0.05) is 29.8 Å². The number of rotatable bonds is 2. The number of ether oxygens (including phenoxy) is 1. The van der Waals surface area contributed by atoms with Gasteiger partial charge in [0.25, 0.3) is 0 Å². The van der Waals surface area contributed by atoms with Crippen LogP contribution in [0.3, 0.4) is 0 Å².